The number of hydrogen-bond acceptors (Lipinski definition) is 4. The summed E-state index contributed by atoms with van der Waals surface area (Å²) in [5, 5.41) is 0. The first-order valence-corrected chi connectivity index (χ1v) is 7.73. The van der Waals surface area contributed by atoms with Crippen LogP contribution in [0.1, 0.15) is 25.3 Å². The van der Waals surface area contributed by atoms with Crippen LogP contribution in [0.3, 0.4) is 0 Å². The predicted molar refractivity (Wildman–Crippen MR) is 85.8 cm³/mol. The van der Waals surface area contributed by atoms with Gasteiger partial charge in [-0.3, -0.25) is 4.90 Å². The summed E-state index contributed by atoms with van der Waals surface area (Å²) >= 11 is 0. The van der Waals surface area contributed by atoms with Gasteiger partial charge in [-0.25, -0.2) is 0 Å². The van der Waals surface area contributed by atoms with Gasteiger partial charge in [-0.2, -0.15) is 0 Å². The SMILES string of the molecule is COc1ccccc1CC(C)(CN)N(C)C1CCOCC1. The minimum absolute atomic E-state index is 0.0728. The molecule has 1 fully saturated rings. The molecular weight excluding hydrogens is 264 g/mol. The van der Waals surface area contributed by atoms with Crippen molar-refractivity contribution in [1.82, 2.24) is 4.90 Å². The predicted octanol–water partition coefficient (Wildman–Crippen LogP) is 2.07. The highest BCUT2D eigenvalue weighted by Crippen LogP contribution is 2.28. The molecule has 1 aromatic rings. The minimum atomic E-state index is -0.0728. The van der Waals surface area contributed by atoms with Crippen molar-refractivity contribution in [3.63, 3.8) is 0 Å². The molecule has 4 heteroatoms. The van der Waals surface area contributed by atoms with Gasteiger partial charge in [0.25, 0.3) is 0 Å². The van der Waals surface area contributed by atoms with Crippen molar-refractivity contribution in [3.8, 4) is 5.75 Å². The maximum Gasteiger partial charge on any atom is 0.122 e. The molecule has 1 aromatic carbocycles. The van der Waals surface area contributed by atoms with Crippen LogP contribution >= 0.6 is 0 Å². The molecule has 0 radical (unpaired) electrons. The molecule has 1 heterocycles. The van der Waals surface area contributed by atoms with Crippen LogP contribution in [0.5, 0.6) is 5.75 Å². The average Bonchev–Trinajstić information content (AvgIpc) is 2.55. The van der Waals surface area contributed by atoms with Gasteiger partial charge in [-0.05, 0) is 44.9 Å². The standard InChI is InChI=1S/C17H28N2O2/c1-17(13-18,19(2)15-8-10-21-11-9-15)12-14-6-4-5-7-16(14)20-3/h4-7,15H,8-13,18H2,1-3H3. The van der Waals surface area contributed by atoms with Gasteiger partial charge in [0.05, 0.1) is 7.11 Å². The van der Waals surface area contributed by atoms with Gasteiger partial charge in [0.15, 0.2) is 0 Å². The fraction of sp³-hybridized carbons (Fsp3) is 0.647. The Morgan fingerprint density at radius 1 is 1.33 bits per heavy atom. The van der Waals surface area contributed by atoms with Crippen molar-refractivity contribution >= 4 is 0 Å². The van der Waals surface area contributed by atoms with Crippen LogP contribution in [0.15, 0.2) is 24.3 Å². The zero-order valence-corrected chi connectivity index (χ0v) is 13.5. The number of benzene rings is 1. The van der Waals surface area contributed by atoms with Crippen molar-refractivity contribution in [2.75, 3.05) is 33.9 Å². The third-order valence-electron chi connectivity index (χ3n) is 4.79. The minimum Gasteiger partial charge on any atom is -0.496 e. The molecule has 2 N–H and O–H groups in total. The van der Waals surface area contributed by atoms with E-state index in [9.17, 15) is 0 Å². The highest BCUT2D eigenvalue weighted by atomic mass is 16.5. The summed E-state index contributed by atoms with van der Waals surface area (Å²) in [5.74, 6) is 0.942. The fourth-order valence-corrected chi connectivity index (χ4v) is 3.11. The lowest BCUT2D eigenvalue weighted by Crippen LogP contribution is -2.56. The Morgan fingerprint density at radius 3 is 2.62 bits per heavy atom. The number of rotatable bonds is 6. The number of nitrogens with zero attached hydrogens (tertiary/aromatic N) is 1. The molecule has 2 rings (SSSR count). The second-order valence-corrected chi connectivity index (χ2v) is 6.14. The normalized spacial score (nSPS) is 19.5. The number of likely N-dealkylation sites (N-methyl/N-ethyl adjacent to an activating group) is 1. The summed E-state index contributed by atoms with van der Waals surface area (Å²) in [4.78, 5) is 2.45. The molecule has 1 saturated heterocycles. The third kappa shape index (κ3) is 3.76. The number of nitrogens with two attached hydrogens (primary N) is 1. The number of methoxy groups -OCH3 is 1. The van der Waals surface area contributed by atoms with Crippen molar-refractivity contribution in [3.05, 3.63) is 29.8 Å². The lowest BCUT2D eigenvalue weighted by molar-refractivity contribution is 0.00387. The average molecular weight is 292 g/mol. The van der Waals surface area contributed by atoms with Crippen LogP contribution in [-0.2, 0) is 11.2 Å². The van der Waals surface area contributed by atoms with E-state index in [0.717, 1.165) is 38.2 Å². The summed E-state index contributed by atoms with van der Waals surface area (Å²) in [5.41, 5.74) is 7.28. The van der Waals surface area contributed by atoms with E-state index in [1.807, 2.05) is 12.1 Å². The molecule has 118 valence electrons. The molecule has 0 amide bonds. The van der Waals surface area contributed by atoms with Crippen molar-refractivity contribution in [1.29, 1.82) is 0 Å². The monoisotopic (exact) mass is 292 g/mol. The fourth-order valence-electron chi connectivity index (χ4n) is 3.11. The van der Waals surface area contributed by atoms with Crippen molar-refractivity contribution in [2.24, 2.45) is 5.73 Å². The smallest absolute Gasteiger partial charge is 0.122 e. The summed E-state index contributed by atoms with van der Waals surface area (Å²) < 4.78 is 11.0. The Hall–Kier alpha value is -1.10. The van der Waals surface area contributed by atoms with Crippen LogP contribution in [0.2, 0.25) is 0 Å². The highest BCUT2D eigenvalue weighted by molar-refractivity contribution is 5.34. The molecule has 4 nitrogen and oxygen atoms in total. The first kappa shape index (κ1) is 16.3. The molecule has 1 unspecified atom stereocenters. The summed E-state index contributed by atoms with van der Waals surface area (Å²) in [6, 6.07) is 8.75. The second kappa shape index (κ2) is 7.25. The van der Waals surface area contributed by atoms with E-state index in [4.69, 9.17) is 15.2 Å². The summed E-state index contributed by atoms with van der Waals surface area (Å²) in [6.07, 6.45) is 3.05. The van der Waals surface area contributed by atoms with Crippen LogP contribution in [0.25, 0.3) is 0 Å². The van der Waals surface area contributed by atoms with Gasteiger partial charge >= 0.3 is 0 Å². The lowest BCUT2D eigenvalue weighted by Gasteiger charge is -2.44. The van der Waals surface area contributed by atoms with Gasteiger partial charge in [-0.1, -0.05) is 18.2 Å². The van der Waals surface area contributed by atoms with Crippen molar-refractivity contribution < 1.29 is 9.47 Å². The zero-order valence-electron chi connectivity index (χ0n) is 13.5. The Kier molecular flexibility index (Phi) is 5.62. The molecule has 21 heavy (non-hydrogen) atoms. The maximum atomic E-state index is 6.14. The Bertz CT molecular complexity index is 446. The van der Waals surface area contributed by atoms with E-state index < -0.39 is 0 Å². The zero-order chi connectivity index (χ0) is 15.3. The second-order valence-electron chi connectivity index (χ2n) is 6.14. The number of hydrogen-bond donors (Lipinski definition) is 1. The van der Waals surface area contributed by atoms with Crippen LogP contribution in [-0.4, -0.2) is 50.4 Å². The molecule has 1 aliphatic rings. The van der Waals surface area contributed by atoms with Gasteiger partial charge < -0.3 is 15.2 Å². The molecule has 0 saturated carbocycles. The molecule has 0 aromatic heterocycles. The maximum absolute atomic E-state index is 6.14. The van der Waals surface area contributed by atoms with E-state index in [1.54, 1.807) is 7.11 Å². The van der Waals surface area contributed by atoms with E-state index in [2.05, 4.69) is 31.0 Å². The quantitative estimate of drug-likeness (QED) is 0.872. The van der Waals surface area contributed by atoms with E-state index in [1.165, 1.54) is 5.56 Å². The van der Waals surface area contributed by atoms with E-state index in [-0.39, 0.29) is 5.54 Å². The van der Waals surface area contributed by atoms with Gasteiger partial charge in [-0.15, -0.1) is 0 Å². The van der Waals surface area contributed by atoms with Crippen LogP contribution in [0.4, 0.5) is 0 Å². The Balaban J connectivity index is 2.15. The number of ether oxygens (including phenoxy) is 2. The first-order chi connectivity index (χ1) is 10.1. The first-order valence-electron chi connectivity index (χ1n) is 7.73. The van der Waals surface area contributed by atoms with Gasteiger partial charge in [0.1, 0.15) is 5.75 Å². The van der Waals surface area contributed by atoms with Crippen molar-refractivity contribution in [2.45, 2.75) is 37.8 Å². The largest absolute Gasteiger partial charge is 0.496 e. The molecular formula is C17H28N2O2. The Labute approximate surface area is 128 Å². The topological polar surface area (TPSA) is 47.7 Å². The lowest BCUT2D eigenvalue weighted by atomic mass is 9.88. The van der Waals surface area contributed by atoms with Crippen LogP contribution in [0, 0.1) is 0 Å². The molecule has 1 atom stereocenters. The third-order valence-corrected chi connectivity index (χ3v) is 4.79. The highest BCUT2D eigenvalue weighted by Gasteiger charge is 2.34. The number of para-hydroxylation sites is 1. The van der Waals surface area contributed by atoms with E-state index in [0.29, 0.717) is 12.6 Å². The molecule has 0 spiro atoms. The molecule has 1 aliphatic heterocycles. The Morgan fingerprint density at radius 2 is 2.00 bits per heavy atom. The summed E-state index contributed by atoms with van der Waals surface area (Å²) in [6.45, 7) is 4.57. The molecule has 0 bridgehead atoms. The molecule has 0 aliphatic carbocycles. The van der Waals surface area contributed by atoms with Crippen LogP contribution < -0.4 is 10.5 Å². The van der Waals surface area contributed by atoms with Gasteiger partial charge in [0.2, 0.25) is 0 Å². The summed E-state index contributed by atoms with van der Waals surface area (Å²) in [7, 11) is 3.92. The van der Waals surface area contributed by atoms with E-state index >= 15 is 0 Å². The van der Waals surface area contributed by atoms with Gasteiger partial charge in [0, 0.05) is 31.3 Å².